The molecule has 1 aliphatic carbocycles. The Labute approximate surface area is 118 Å². The summed E-state index contributed by atoms with van der Waals surface area (Å²) >= 11 is 3.93. The fourth-order valence-corrected chi connectivity index (χ4v) is 4.24. The van der Waals surface area contributed by atoms with E-state index in [4.69, 9.17) is 0 Å². The van der Waals surface area contributed by atoms with Crippen LogP contribution in [0.25, 0.3) is 10.8 Å². The number of benzene rings is 2. The van der Waals surface area contributed by atoms with Gasteiger partial charge in [-0.25, -0.2) is 0 Å². The molecule has 1 fully saturated rings. The molecular weight excluding hydrogens is 284 g/mol. The highest BCUT2D eigenvalue weighted by atomic mass is 79.9. The van der Waals surface area contributed by atoms with Crippen molar-refractivity contribution in [2.24, 2.45) is 11.3 Å². The highest BCUT2D eigenvalue weighted by Gasteiger charge is 2.49. The quantitative estimate of drug-likeness (QED) is 0.631. The highest BCUT2D eigenvalue weighted by Crippen LogP contribution is 2.61. The van der Waals surface area contributed by atoms with Gasteiger partial charge in [0.05, 0.1) is 0 Å². The summed E-state index contributed by atoms with van der Waals surface area (Å²) in [5.74, 6) is 0.767. The zero-order chi connectivity index (χ0) is 12.9. The van der Waals surface area contributed by atoms with Crippen molar-refractivity contribution in [3.8, 4) is 0 Å². The molecule has 1 saturated carbocycles. The average molecular weight is 303 g/mol. The maximum Gasteiger partial charge on any atom is 0.0434 e. The van der Waals surface area contributed by atoms with Crippen molar-refractivity contribution in [1.82, 2.24) is 0 Å². The molecule has 94 valence electrons. The van der Waals surface area contributed by atoms with E-state index in [1.807, 2.05) is 0 Å². The Bertz CT molecular complexity index is 598. The van der Waals surface area contributed by atoms with Crippen LogP contribution < -0.4 is 0 Å². The Morgan fingerprint density at radius 3 is 2.33 bits per heavy atom. The molecule has 2 unspecified atom stereocenters. The zero-order valence-corrected chi connectivity index (χ0v) is 12.8. The summed E-state index contributed by atoms with van der Waals surface area (Å²) in [4.78, 5) is 0.484. The van der Waals surface area contributed by atoms with Crippen LogP contribution in [0.15, 0.2) is 36.4 Å². The van der Waals surface area contributed by atoms with Crippen molar-refractivity contribution >= 4 is 26.7 Å². The van der Waals surface area contributed by atoms with Gasteiger partial charge in [0.1, 0.15) is 0 Å². The van der Waals surface area contributed by atoms with Gasteiger partial charge in [-0.3, -0.25) is 0 Å². The monoisotopic (exact) mass is 302 g/mol. The van der Waals surface area contributed by atoms with E-state index >= 15 is 0 Å². The molecule has 0 bridgehead atoms. The molecule has 3 rings (SSSR count). The van der Waals surface area contributed by atoms with Gasteiger partial charge in [-0.1, -0.05) is 66.2 Å². The lowest BCUT2D eigenvalue weighted by atomic mass is 9.95. The van der Waals surface area contributed by atoms with Crippen molar-refractivity contribution in [3.63, 3.8) is 0 Å². The van der Waals surface area contributed by atoms with E-state index in [1.165, 1.54) is 28.3 Å². The molecule has 0 amide bonds. The Morgan fingerprint density at radius 1 is 1.11 bits per heavy atom. The lowest BCUT2D eigenvalue weighted by Gasteiger charge is -2.16. The third-order valence-electron chi connectivity index (χ3n) is 4.42. The first kappa shape index (κ1) is 12.2. The molecule has 0 aliphatic heterocycles. The predicted molar refractivity (Wildman–Crippen MR) is 82.2 cm³/mol. The predicted octanol–water partition coefficient (Wildman–Crippen LogP) is 5.63. The second-order valence-corrected chi connectivity index (χ2v) is 7.20. The molecule has 0 heterocycles. The molecule has 1 heteroatoms. The molecule has 18 heavy (non-hydrogen) atoms. The van der Waals surface area contributed by atoms with E-state index in [-0.39, 0.29) is 0 Å². The summed E-state index contributed by atoms with van der Waals surface area (Å²) in [6.45, 7) is 6.92. The van der Waals surface area contributed by atoms with Gasteiger partial charge in [-0.05, 0) is 46.6 Å². The van der Waals surface area contributed by atoms with Crippen LogP contribution in [0.4, 0.5) is 0 Å². The molecular formula is C17H19Br. The first-order valence-electron chi connectivity index (χ1n) is 6.63. The van der Waals surface area contributed by atoms with Crippen molar-refractivity contribution in [2.45, 2.75) is 32.0 Å². The number of hydrogen-bond acceptors (Lipinski definition) is 0. The van der Waals surface area contributed by atoms with E-state index < -0.39 is 0 Å². The van der Waals surface area contributed by atoms with Gasteiger partial charge in [0.2, 0.25) is 0 Å². The number of aryl methyl sites for hydroxylation is 1. The van der Waals surface area contributed by atoms with Crippen LogP contribution in [0.5, 0.6) is 0 Å². The third kappa shape index (κ3) is 1.89. The maximum absolute atomic E-state index is 3.93. The minimum Gasteiger partial charge on any atom is -0.0835 e. The van der Waals surface area contributed by atoms with Gasteiger partial charge >= 0.3 is 0 Å². The smallest absolute Gasteiger partial charge is 0.0434 e. The number of hydrogen-bond donors (Lipinski definition) is 0. The van der Waals surface area contributed by atoms with Crippen LogP contribution in [0.1, 0.15) is 36.2 Å². The Kier molecular flexibility index (Phi) is 2.78. The Balaban J connectivity index is 2.10. The van der Waals surface area contributed by atoms with E-state index in [2.05, 4.69) is 73.1 Å². The Hall–Kier alpha value is -0.820. The molecule has 0 radical (unpaired) electrons. The second kappa shape index (κ2) is 4.09. The molecule has 0 nitrogen and oxygen atoms in total. The fraction of sp³-hybridized carbons (Fsp3) is 0.412. The molecule has 1 aliphatic rings. The third-order valence-corrected chi connectivity index (χ3v) is 5.55. The second-order valence-electron chi connectivity index (χ2n) is 6.22. The summed E-state index contributed by atoms with van der Waals surface area (Å²) < 4.78 is 0. The summed E-state index contributed by atoms with van der Waals surface area (Å²) in [5, 5.41) is 2.79. The normalized spacial score (nSPS) is 23.0. The Morgan fingerprint density at radius 2 is 1.72 bits per heavy atom. The standard InChI is InChI=1S/C17H19Br/c1-11-8-9-14(13-7-5-4-6-12(11)13)16(18)15-10-17(15,2)3/h4-9,15-16H,10H2,1-3H3. The van der Waals surface area contributed by atoms with Crippen molar-refractivity contribution in [2.75, 3.05) is 0 Å². The molecule has 0 N–H and O–H groups in total. The van der Waals surface area contributed by atoms with Crippen molar-refractivity contribution in [1.29, 1.82) is 0 Å². The van der Waals surface area contributed by atoms with E-state index in [0.29, 0.717) is 10.2 Å². The molecule has 0 saturated heterocycles. The van der Waals surface area contributed by atoms with Crippen molar-refractivity contribution in [3.05, 3.63) is 47.5 Å². The number of rotatable bonds is 2. The van der Waals surface area contributed by atoms with Crippen LogP contribution in [0.3, 0.4) is 0 Å². The van der Waals surface area contributed by atoms with Crippen LogP contribution >= 0.6 is 15.9 Å². The van der Waals surface area contributed by atoms with Gasteiger partial charge in [0.25, 0.3) is 0 Å². The van der Waals surface area contributed by atoms with Gasteiger partial charge in [-0.15, -0.1) is 0 Å². The van der Waals surface area contributed by atoms with E-state index in [0.717, 1.165) is 5.92 Å². The summed E-state index contributed by atoms with van der Waals surface area (Å²) in [6, 6.07) is 13.3. The first-order chi connectivity index (χ1) is 8.50. The number of halogens is 1. The zero-order valence-electron chi connectivity index (χ0n) is 11.2. The average Bonchev–Trinajstić information content (AvgIpc) is 2.99. The molecule has 2 aromatic rings. The maximum atomic E-state index is 3.93. The molecule has 2 aromatic carbocycles. The molecule has 0 spiro atoms. The number of alkyl halides is 1. The lowest BCUT2D eigenvalue weighted by molar-refractivity contribution is 0.556. The molecule has 2 atom stereocenters. The van der Waals surface area contributed by atoms with Gasteiger partial charge in [0.15, 0.2) is 0 Å². The van der Waals surface area contributed by atoms with Crippen LogP contribution in [-0.2, 0) is 0 Å². The summed E-state index contributed by atoms with van der Waals surface area (Å²) in [6.07, 6.45) is 1.32. The van der Waals surface area contributed by atoms with Gasteiger partial charge < -0.3 is 0 Å². The minimum absolute atomic E-state index is 0.484. The first-order valence-corrected chi connectivity index (χ1v) is 7.54. The van der Waals surface area contributed by atoms with Gasteiger partial charge in [0, 0.05) is 4.83 Å². The SMILES string of the molecule is Cc1ccc(C(Br)C2CC2(C)C)c2ccccc12. The van der Waals surface area contributed by atoms with Crippen LogP contribution in [0.2, 0.25) is 0 Å². The largest absolute Gasteiger partial charge is 0.0835 e. The summed E-state index contributed by atoms with van der Waals surface area (Å²) in [7, 11) is 0. The van der Waals surface area contributed by atoms with Crippen molar-refractivity contribution < 1.29 is 0 Å². The minimum atomic E-state index is 0.484. The number of fused-ring (bicyclic) bond motifs is 1. The van der Waals surface area contributed by atoms with Gasteiger partial charge in [-0.2, -0.15) is 0 Å². The van der Waals surface area contributed by atoms with Crippen LogP contribution in [0, 0.1) is 18.3 Å². The lowest BCUT2D eigenvalue weighted by Crippen LogP contribution is -2.00. The van der Waals surface area contributed by atoms with E-state index in [1.54, 1.807) is 0 Å². The van der Waals surface area contributed by atoms with Crippen LogP contribution in [-0.4, -0.2) is 0 Å². The highest BCUT2D eigenvalue weighted by molar-refractivity contribution is 9.09. The topological polar surface area (TPSA) is 0 Å². The summed E-state index contributed by atoms with van der Waals surface area (Å²) in [5.41, 5.74) is 3.32. The fourth-order valence-electron chi connectivity index (χ4n) is 2.94. The van der Waals surface area contributed by atoms with E-state index in [9.17, 15) is 0 Å². The molecule has 0 aromatic heterocycles.